The molecule has 0 spiro atoms. The van der Waals surface area contributed by atoms with Crippen LogP contribution < -0.4 is 4.90 Å². The Morgan fingerprint density at radius 1 is 0.395 bits per heavy atom. The molecule has 11 aromatic carbocycles. The first-order valence-electron chi connectivity index (χ1n) is 26.2. The SMILES string of the molecule is C1=C(N(c2ccccc2)c2ccc3sc4ccccc4c3c2)C(c2cc(-c3ccc4c(c3)c3ccccc3n4-c3ccccc3)cc(-c3ccc4c(c3)c3ccccc3n4-c3ccc4ccccc4c3)c2)CCC1.PS. The summed E-state index contributed by atoms with van der Waals surface area (Å²) in [5.74, 6) is 0.139. The van der Waals surface area contributed by atoms with E-state index >= 15 is 0 Å². The number of hydrogen-bond donors (Lipinski definition) is 1. The number of benzene rings is 11. The van der Waals surface area contributed by atoms with Gasteiger partial charge in [0, 0.05) is 76.1 Å². The first kappa shape index (κ1) is 46.4. The third-order valence-corrected chi connectivity index (χ3v) is 16.8. The molecule has 2 unspecified atom stereocenters. The normalized spacial score (nSPS) is 13.7. The Morgan fingerprint density at radius 3 is 1.66 bits per heavy atom. The maximum absolute atomic E-state index is 3.44. The second-order valence-corrected chi connectivity index (χ2v) is 21.0. The van der Waals surface area contributed by atoms with Crippen LogP contribution in [0.3, 0.4) is 0 Å². The van der Waals surface area contributed by atoms with E-state index in [4.69, 9.17) is 0 Å². The number of thiol groups is 1. The molecule has 364 valence electrons. The van der Waals surface area contributed by atoms with Gasteiger partial charge in [0.25, 0.3) is 0 Å². The highest BCUT2D eigenvalue weighted by Crippen LogP contribution is 2.47. The van der Waals surface area contributed by atoms with E-state index in [9.17, 15) is 0 Å². The van der Waals surface area contributed by atoms with Crippen molar-refractivity contribution < 1.29 is 0 Å². The maximum Gasteiger partial charge on any atom is 0.0541 e. The van der Waals surface area contributed by atoms with Gasteiger partial charge in [-0.2, -0.15) is 12.2 Å². The number of allylic oxidation sites excluding steroid dienone is 2. The van der Waals surface area contributed by atoms with Crippen molar-refractivity contribution in [2.75, 3.05) is 4.90 Å². The van der Waals surface area contributed by atoms with E-state index < -0.39 is 0 Å². The van der Waals surface area contributed by atoms with Crippen LogP contribution in [-0.2, 0) is 0 Å². The summed E-state index contributed by atoms with van der Waals surface area (Å²) in [6.45, 7) is 0. The molecule has 76 heavy (non-hydrogen) atoms. The van der Waals surface area contributed by atoms with Crippen LogP contribution in [0.4, 0.5) is 11.4 Å². The summed E-state index contributed by atoms with van der Waals surface area (Å²) in [5, 5.41) is 10.1. The van der Waals surface area contributed by atoms with E-state index in [0.717, 1.165) is 19.3 Å². The molecule has 0 aliphatic heterocycles. The highest BCUT2D eigenvalue weighted by molar-refractivity contribution is 8.31. The van der Waals surface area contributed by atoms with E-state index in [0.29, 0.717) is 0 Å². The minimum absolute atomic E-state index is 0.139. The summed E-state index contributed by atoms with van der Waals surface area (Å²) >= 11 is 5.32. The number of nitrogens with zero attached hydrogens (tertiary/aromatic N) is 3. The molecule has 1 aliphatic rings. The lowest BCUT2D eigenvalue weighted by molar-refractivity contribution is 0.614. The lowest BCUT2D eigenvalue weighted by Crippen LogP contribution is -2.24. The van der Waals surface area contributed by atoms with Gasteiger partial charge in [-0.25, -0.2) is 0 Å². The Bertz CT molecular complexity index is 4550. The van der Waals surface area contributed by atoms with E-state index in [-0.39, 0.29) is 5.92 Å². The van der Waals surface area contributed by atoms with Gasteiger partial charge in [0.1, 0.15) is 0 Å². The van der Waals surface area contributed by atoms with Crippen molar-refractivity contribution in [3.63, 3.8) is 0 Å². The molecule has 0 radical (unpaired) electrons. The molecule has 0 fully saturated rings. The second-order valence-electron chi connectivity index (χ2n) is 19.9. The summed E-state index contributed by atoms with van der Waals surface area (Å²) in [6.07, 6.45) is 5.73. The molecular weight excluding hydrogens is 978 g/mol. The Kier molecular flexibility index (Phi) is 11.9. The van der Waals surface area contributed by atoms with Crippen LogP contribution >= 0.6 is 32.0 Å². The van der Waals surface area contributed by atoms with Crippen molar-refractivity contribution in [3.05, 3.63) is 266 Å². The molecule has 3 nitrogen and oxygen atoms in total. The predicted molar refractivity (Wildman–Crippen MR) is 335 cm³/mol. The number of aromatic nitrogens is 2. The van der Waals surface area contributed by atoms with Crippen molar-refractivity contribution in [2.45, 2.75) is 25.2 Å². The van der Waals surface area contributed by atoms with Gasteiger partial charge < -0.3 is 14.0 Å². The van der Waals surface area contributed by atoms with Gasteiger partial charge in [-0.15, -0.1) is 11.3 Å². The summed E-state index contributed by atoms with van der Waals surface area (Å²) < 4.78 is 7.49. The minimum atomic E-state index is 0.139. The highest BCUT2D eigenvalue weighted by Gasteiger charge is 2.28. The molecule has 1 aliphatic carbocycles. The van der Waals surface area contributed by atoms with Crippen LogP contribution in [0, 0.1) is 0 Å². The molecule has 0 bridgehead atoms. The lowest BCUT2D eigenvalue weighted by atomic mass is 9.82. The van der Waals surface area contributed by atoms with E-state index in [2.05, 4.69) is 290 Å². The average Bonchev–Trinajstić information content (AvgIpc) is 4.18. The first-order chi connectivity index (χ1) is 37.7. The number of anilines is 2. The van der Waals surface area contributed by atoms with Gasteiger partial charge in [-0.05, 0) is 161 Å². The van der Waals surface area contributed by atoms with Crippen LogP contribution in [0.5, 0.6) is 0 Å². The van der Waals surface area contributed by atoms with Crippen molar-refractivity contribution in [1.29, 1.82) is 0 Å². The van der Waals surface area contributed by atoms with Gasteiger partial charge in [0.05, 0.1) is 22.1 Å². The summed E-state index contributed by atoms with van der Waals surface area (Å²) in [4.78, 5) is 2.56. The van der Waals surface area contributed by atoms with Crippen LogP contribution in [0.1, 0.15) is 30.7 Å². The molecule has 6 heteroatoms. The Labute approximate surface area is 454 Å². The van der Waals surface area contributed by atoms with Gasteiger partial charge in [-0.1, -0.05) is 160 Å². The van der Waals surface area contributed by atoms with Crippen molar-refractivity contribution in [3.8, 4) is 33.6 Å². The van der Waals surface area contributed by atoms with Crippen molar-refractivity contribution in [2.24, 2.45) is 0 Å². The number of hydrogen-bond acceptors (Lipinski definition) is 3. The van der Waals surface area contributed by atoms with E-state index in [1.54, 1.807) is 0 Å². The largest absolute Gasteiger partial charge is 0.314 e. The molecule has 3 aromatic heterocycles. The fourth-order valence-electron chi connectivity index (χ4n) is 12.3. The fourth-order valence-corrected chi connectivity index (χ4v) is 13.4. The summed E-state index contributed by atoms with van der Waals surface area (Å²) in [5.41, 5.74) is 17.0. The Hall–Kier alpha value is -8.18. The molecule has 0 N–H and O–H groups in total. The topological polar surface area (TPSA) is 13.1 Å². The molecule has 0 amide bonds. The zero-order valence-corrected chi connectivity index (χ0v) is 44.6. The number of rotatable bonds is 8. The molecule has 3 heterocycles. The quantitative estimate of drug-likeness (QED) is 0.118. The third-order valence-electron chi connectivity index (χ3n) is 15.7. The highest BCUT2D eigenvalue weighted by atomic mass is 32.7. The van der Waals surface area contributed by atoms with E-state index in [1.807, 2.05) is 11.3 Å². The third kappa shape index (κ3) is 7.92. The molecule has 0 saturated heterocycles. The number of thiophene rings is 1. The Balaban J connectivity index is 0.00000261. The fraction of sp³-hybridized carbons (Fsp3) is 0.0571. The number of para-hydroxylation sites is 4. The zero-order chi connectivity index (χ0) is 50.7. The van der Waals surface area contributed by atoms with Gasteiger partial charge in [-0.3, -0.25) is 0 Å². The smallest absolute Gasteiger partial charge is 0.0541 e. The van der Waals surface area contributed by atoms with E-state index in [1.165, 1.54) is 131 Å². The maximum atomic E-state index is 3.44. The van der Waals surface area contributed by atoms with Crippen LogP contribution in [0.15, 0.2) is 260 Å². The Morgan fingerprint density at radius 2 is 0.961 bits per heavy atom. The average molecular weight is 1030 g/mol. The van der Waals surface area contributed by atoms with Crippen LogP contribution in [0.25, 0.3) is 108 Å². The summed E-state index contributed by atoms with van der Waals surface area (Å²) in [6, 6.07) is 92.7. The van der Waals surface area contributed by atoms with Gasteiger partial charge in [0.15, 0.2) is 0 Å². The molecular formula is C70H52N3PS2. The monoisotopic (exact) mass is 1030 g/mol. The molecule has 14 aromatic rings. The second kappa shape index (κ2) is 19.5. The van der Waals surface area contributed by atoms with Gasteiger partial charge >= 0.3 is 0 Å². The summed E-state index contributed by atoms with van der Waals surface area (Å²) in [7, 11) is 2.11. The predicted octanol–water partition coefficient (Wildman–Crippen LogP) is 20.4. The van der Waals surface area contributed by atoms with Crippen LogP contribution in [0.2, 0.25) is 0 Å². The zero-order valence-electron chi connectivity index (χ0n) is 41.7. The molecule has 2 atom stereocenters. The molecule has 15 rings (SSSR count). The lowest BCUT2D eigenvalue weighted by Gasteiger charge is -2.36. The van der Waals surface area contributed by atoms with Crippen molar-refractivity contribution in [1.82, 2.24) is 9.13 Å². The molecule has 0 saturated carbocycles. The van der Waals surface area contributed by atoms with Crippen LogP contribution in [-0.4, -0.2) is 9.13 Å². The van der Waals surface area contributed by atoms with Gasteiger partial charge in [0.2, 0.25) is 0 Å². The number of fused-ring (bicyclic) bond motifs is 10. The first-order valence-corrected chi connectivity index (χ1v) is 29.1. The standard InChI is InChI=1S/C70H49N3S.H3PS/c1-3-19-53(20-4-1)71(56-35-38-70-63(45-56)60-26-12-16-30-69(60)74-70)64-27-13-9-23-57(64)52-40-50(48-32-36-67-61(43-48)58-24-10-14-28-65(58)72(67)54-21-5-2-6-22-54)39-51(41-52)49-33-37-68-62(44-49)59-25-11-15-29-66(59)73(68)55-34-31-46-17-7-8-18-47(46)42-55;1-2/h1-8,10-12,14-22,24-45,57H,9,13,23H2;2H,1H2. The van der Waals surface area contributed by atoms with Crippen molar-refractivity contribution >= 4 is 118 Å². The minimum Gasteiger partial charge on any atom is -0.314 e.